The van der Waals surface area contributed by atoms with Gasteiger partial charge in [-0.3, -0.25) is 4.90 Å². The van der Waals surface area contributed by atoms with Crippen molar-refractivity contribution < 1.29 is 4.74 Å². The summed E-state index contributed by atoms with van der Waals surface area (Å²) in [7, 11) is 0. The van der Waals surface area contributed by atoms with Gasteiger partial charge in [0.15, 0.2) is 0 Å². The quantitative estimate of drug-likeness (QED) is 0.667. The highest BCUT2D eigenvalue weighted by atomic mass is 32.1. The molecule has 1 N–H and O–H groups in total. The van der Waals surface area contributed by atoms with E-state index in [4.69, 9.17) is 14.7 Å². The summed E-state index contributed by atoms with van der Waals surface area (Å²) < 4.78 is 5.51. The highest BCUT2D eigenvalue weighted by molar-refractivity contribution is 7.19. The minimum atomic E-state index is 0.792. The first kappa shape index (κ1) is 18.7. The number of nitrogens with zero attached hydrogens (tertiary/aromatic N) is 3. The number of aryl methyl sites for hydroxylation is 4. The first-order valence-electron chi connectivity index (χ1n) is 11.3. The van der Waals surface area contributed by atoms with Crippen molar-refractivity contribution in [3.05, 3.63) is 45.6 Å². The second-order valence-corrected chi connectivity index (χ2v) is 9.81. The molecule has 0 bridgehead atoms. The van der Waals surface area contributed by atoms with Crippen molar-refractivity contribution in [1.29, 1.82) is 0 Å². The lowest BCUT2D eigenvalue weighted by Gasteiger charge is -2.25. The van der Waals surface area contributed by atoms with E-state index in [9.17, 15) is 0 Å². The van der Waals surface area contributed by atoms with Crippen molar-refractivity contribution in [2.24, 2.45) is 0 Å². The molecule has 3 heterocycles. The summed E-state index contributed by atoms with van der Waals surface area (Å²) in [5.41, 5.74) is 5.65. The number of benzene rings is 1. The van der Waals surface area contributed by atoms with Crippen LogP contribution in [0.15, 0.2) is 18.2 Å². The van der Waals surface area contributed by atoms with Crippen LogP contribution in [0.1, 0.15) is 46.7 Å². The van der Waals surface area contributed by atoms with Crippen molar-refractivity contribution in [3.8, 4) is 0 Å². The molecule has 5 nitrogen and oxygen atoms in total. The summed E-state index contributed by atoms with van der Waals surface area (Å²) in [5.74, 6) is 1.92. The molecule has 1 fully saturated rings. The third-order valence-corrected chi connectivity index (χ3v) is 7.88. The Kier molecular flexibility index (Phi) is 4.94. The summed E-state index contributed by atoms with van der Waals surface area (Å²) in [6.07, 6.45) is 8.59. The van der Waals surface area contributed by atoms with Gasteiger partial charge in [-0.1, -0.05) is 6.07 Å². The Labute approximate surface area is 181 Å². The zero-order valence-electron chi connectivity index (χ0n) is 17.4. The Morgan fingerprint density at radius 2 is 1.83 bits per heavy atom. The SMILES string of the molecule is c1cc2c(cc1Nc1nc(CN3CCOCC3)nc3sc4c(c13)CCCC4)CCC2. The van der Waals surface area contributed by atoms with E-state index in [0.29, 0.717) is 0 Å². The minimum Gasteiger partial charge on any atom is -0.379 e. The maximum atomic E-state index is 5.51. The number of hydrogen-bond donors (Lipinski definition) is 1. The number of morpholine rings is 1. The summed E-state index contributed by atoms with van der Waals surface area (Å²) in [4.78, 5) is 15.2. The molecule has 6 heteroatoms. The number of thiophene rings is 1. The molecule has 156 valence electrons. The van der Waals surface area contributed by atoms with Gasteiger partial charge in [-0.05, 0) is 73.8 Å². The molecule has 2 aliphatic carbocycles. The zero-order valence-corrected chi connectivity index (χ0v) is 18.2. The van der Waals surface area contributed by atoms with Crippen LogP contribution in [0.2, 0.25) is 0 Å². The van der Waals surface area contributed by atoms with Gasteiger partial charge in [0, 0.05) is 23.7 Å². The molecule has 0 spiro atoms. The van der Waals surface area contributed by atoms with Crippen molar-refractivity contribution in [1.82, 2.24) is 14.9 Å². The van der Waals surface area contributed by atoms with Crippen molar-refractivity contribution >= 4 is 33.1 Å². The highest BCUT2D eigenvalue weighted by Gasteiger charge is 2.22. The molecule has 30 heavy (non-hydrogen) atoms. The van der Waals surface area contributed by atoms with Crippen molar-refractivity contribution in [3.63, 3.8) is 0 Å². The molecule has 0 atom stereocenters. The van der Waals surface area contributed by atoms with Crippen LogP contribution in [0.3, 0.4) is 0 Å². The average molecular weight is 421 g/mol. The number of hydrogen-bond acceptors (Lipinski definition) is 6. The van der Waals surface area contributed by atoms with Crippen molar-refractivity contribution in [2.45, 2.75) is 51.5 Å². The van der Waals surface area contributed by atoms with E-state index in [1.54, 1.807) is 0 Å². The maximum absolute atomic E-state index is 5.51. The molecule has 3 aromatic rings. The number of aromatic nitrogens is 2. The van der Waals surface area contributed by atoms with E-state index in [-0.39, 0.29) is 0 Å². The Hall–Kier alpha value is -2.02. The molecular weight excluding hydrogens is 392 g/mol. The normalized spacial score (nSPS) is 19.1. The largest absolute Gasteiger partial charge is 0.379 e. The monoisotopic (exact) mass is 420 g/mol. The van der Waals surface area contributed by atoms with Gasteiger partial charge in [0.25, 0.3) is 0 Å². The second-order valence-electron chi connectivity index (χ2n) is 8.73. The summed E-state index contributed by atoms with van der Waals surface area (Å²) in [6.45, 7) is 4.30. The van der Waals surface area contributed by atoms with E-state index in [1.165, 1.54) is 65.5 Å². The zero-order chi connectivity index (χ0) is 19.9. The van der Waals surface area contributed by atoms with Gasteiger partial charge in [0.05, 0.1) is 25.1 Å². The molecule has 1 aromatic carbocycles. The summed E-state index contributed by atoms with van der Waals surface area (Å²) in [6, 6.07) is 6.84. The van der Waals surface area contributed by atoms with Gasteiger partial charge >= 0.3 is 0 Å². The molecule has 1 aliphatic heterocycles. The standard InChI is InChI=1S/C24H28N4OS/c1-2-7-20-19(6-1)22-23(25-18-9-8-16-4-3-5-17(16)14-18)26-21(27-24(22)30-20)15-28-10-12-29-13-11-28/h8-9,14H,1-7,10-13,15H2,(H,25,26,27). The summed E-state index contributed by atoms with van der Waals surface area (Å²) >= 11 is 1.89. The molecule has 2 aromatic heterocycles. The van der Waals surface area contributed by atoms with Gasteiger partial charge in [-0.15, -0.1) is 11.3 Å². The van der Waals surface area contributed by atoms with E-state index in [1.807, 2.05) is 11.3 Å². The van der Waals surface area contributed by atoms with Gasteiger partial charge in [-0.25, -0.2) is 9.97 Å². The molecule has 6 rings (SSSR count). The van der Waals surface area contributed by atoms with Gasteiger partial charge in [0.1, 0.15) is 16.5 Å². The first-order valence-corrected chi connectivity index (χ1v) is 12.2. The number of anilines is 2. The van der Waals surface area contributed by atoms with Crippen LogP contribution in [0, 0.1) is 0 Å². The Morgan fingerprint density at radius 1 is 0.967 bits per heavy atom. The lowest BCUT2D eigenvalue weighted by atomic mass is 9.97. The lowest BCUT2D eigenvalue weighted by molar-refractivity contribution is 0.0331. The number of fused-ring (bicyclic) bond motifs is 4. The van der Waals surface area contributed by atoms with E-state index in [0.717, 1.165) is 61.4 Å². The molecule has 0 unspecified atom stereocenters. The number of ether oxygens (including phenoxy) is 1. The predicted molar refractivity (Wildman–Crippen MR) is 122 cm³/mol. The second kappa shape index (κ2) is 7.91. The predicted octanol–water partition coefficient (Wildman–Crippen LogP) is 4.63. The Bertz CT molecular complexity index is 1090. The summed E-state index contributed by atoms with van der Waals surface area (Å²) in [5, 5.41) is 4.97. The third-order valence-electron chi connectivity index (χ3n) is 6.69. The molecule has 0 amide bonds. The molecule has 3 aliphatic rings. The first-order chi connectivity index (χ1) is 14.8. The van der Waals surface area contributed by atoms with E-state index >= 15 is 0 Å². The van der Waals surface area contributed by atoms with Crippen LogP contribution < -0.4 is 5.32 Å². The fraction of sp³-hybridized carbons (Fsp3) is 0.500. The Morgan fingerprint density at radius 3 is 2.77 bits per heavy atom. The van der Waals surface area contributed by atoms with Crippen LogP contribution in [-0.4, -0.2) is 41.2 Å². The van der Waals surface area contributed by atoms with E-state index in [2.05, 4.69) is 28.4 Å². The number of rotatable bonds is 4. The maximum Gasteiger partial charge on any atom is 0.146 e. The van der Waals surface area contributed by atoms with Crippen LogP contribution in [-0.2, 0) is 37.0 Å². The molecule has 0 saturated carbocycles. The van der Waals surface area contributed by atoms with Crippen molar-refractivity contribution in [2.75, 3.05) is 31.6 Å². The molecule has 0 radical (unpaired) electrons. The number of nitrogens with one attached hydrogen (secondary N) is 1. The minimum absolute atomic E-state index is 0.792. The van der Waals surface area contributed by atoms with Gasteiger partial charge < -0.3 is 10.1 Å². The topological polar surface area (TPSA) is 50.3 Å². The van der Waals surface area contributed by atoms with Gasteiger partial charge in [-0.2, -0.15) is 0 Å². The highest BCUT2D eigenvalue weighted by Crippen LogP contribution is 2.39. The smallest absolute Gasteiger partial charge is 0.146 e. The van der Waals surface area contributed by atoms with Gasteiger partial charge in [0.2, 0.25) is 0 Å². The fourth-order valence-corrected chi connectivity index (χ4v) is 6.39. The third kappa shape index (κ3) is 3.51. The molecular formula is C24H28N4OS. The Balaban J connectivity index is 1.40. The fourth-order valence-electron chi connectivity index (χ4n) is 5.11. The van der Waals surface area contributed by atoms with E-state index < -0.39 is 0 Å². The van der Waals surface area contributed by atoms with Crippen LogP contribution >= 0.6 is 11.3 Å². The van der Waals surface area contributed by atoms with Crippen LogP contribution in [0.4, 0.5) is 11.5 Å². The van der Waals surface area contributed by atoms with Crippen LogP contribution in [0.25, 0.3) is 10.2 Å². The van der Waals surface area contributed by atoms with Crippen LogP contribution in [0.5, 0.6) is 0 Å². The molecule has 1 saturated heterocycles. The average Bonchev–Trinajstić information content (AvgIpc) is 3.38. The lowest BCUT2D eigenvalue weighted by Crippen LogP contribution is -2.36.